The predicted octanol–water partition coefficient (Wildman–Crippen LogP) is 6.49. The van der Waals surface area contributed by atoms with E-state index in [1.807, 2.05) is 4.90 Å². The molecule has 6 rings (SSSR count). The van der Waals surface area contributed by atoms with E-state index < -0.39 is 35.0 Å². The van der Waals surface area contributed by atoms with E-state index in [9.17, 15) is 19.2 Å². The molecule has 9 heteroatoms. The second-order valence-electron chi connectivity index (χ2n) is 20.7. The van der Waals surface area contributed by atoms with Crippen LogP contribution in [0.3, 0.4) is 0 Å². The number of hydrogen-bond acceptors (Lipinski definition) is 7. The van der Waals surface area contributed by atoms with Crippen molar-refractivity contribution < 1.29 is 24.0 Å². The van der Waals surface area contributed by atoms with E-state index in [0.717, 1.165) is 51.7 Å². The summed E-state index contributed by atoms with van der Waals surface area (Å²) >= 11 is 0. The van der Waals surface area contributed by atoms with Gasteiger partial charge in [0.1, 0.15) is 5.78 Å². The highest BCUT2D eigenvalue weighted by Gasteiger charge is 2.85. The lowest BCUT2D eigenvalue weighted by molar-refractivity contribution is -0.147. The Morgan fingerprint density at radius 2 is 1.47 bits per heavy atom. The SMILES string of the molecule is C[C@H]1CN(C[C@@H](CC(=O)C[C@H](C(=O)N2C[C@]3(C[C@H]2C(=O)CC(CC2CCC2)C(=O)C(N)=O)C(C)(C)C32CCC2)C(C)(C)C)C2CCCCC2)C[C@H](C)N1. The topological polar surface area (TPSA) is 130 Å². The maximum Gasteiger partial charge on any atom is 0.285 e. The molecule has 2 saturated heterocycles. The van der Waals surface area contributed by atoms with Crippen LogP contribution >= 0.6 is 0 Å². The minimum absolute atomic E-state index is 0.000577. The third-order valence-corrected chi connectivity index (χ3v) is 16.1. The summed E-state index contributed by atoms with van der Waals surface area (Å²) in [5.41, 5.74) is 5.00. The molecule has 298 valence electrons. The summed E-state index contributed by atoms with van der Waals surface area (Å²) in [5.74, 6) is -1.83. The van der Waals surface area contributed by atoms with Gasteiger partial charge < -0.3 is 16.0 Å². The van der Waals surface area contributed by atoms with Crippen molar-refractivity contribution in [3.63, 3.8) is 0 Å². The van der Waals surface area contributed by atoms with Crippen LogP contribution in [0.25, 0.3) is 0 Å². The summed E-state index contributed by atoms with van der Waals surface area (Å²) in [6, 6.07) is 0.182. The Balaban J connectivity index is 1.22. The highest BCUT2D eigenvalue weighted by molar-refractivity contribution is 6.36. The van der Waals surface area contributed by atoms with E-state index in [0.29, 0.717) is 49.7 Å². The fraction of sp³-hybridized carbons (Fsp3) is 0.886. The van der Waals surface area contributed by atoms with Crippen LogP contribution in [0.2, 0.25) is 0 Å². The van der Waals surface area contributed by atoms with Crippen LogP contribution < -0.4 is 11.1 Å². The number of hydrogen-bond donors (Lipinski definition) is 2. The average Bonchev–Trinajstić information content (AvgIpc) is 3.25. The largest absolute Gasteiger partial charge is 0.363 e. The Kier molecular flexibility index (Phi) is 11.8. The van der Waals surface area contributed by atoms with Gasteiger partial charge in [0, 0.05) is 74.8 Å². The molecule has 7 atom stereocenters. The first kappa shape index (κ1) is 40.5. The zero-order valence-electron chi connectivity index (χ0n) is 34.3. The van der Waals surface area contributed by atoms with Crippen LogP contribution in [-0.4, -0.2) is 83.3 Å². The Labute approximate surface area is 320 Å². The van der Waals surface area contributed by atoms with Crippen molar-refractivity contribution in [1.82, 2.24) is 15.1 Å². The molecular weight excluding hydrogens is 665 g/mol. The van der Waals surface area contributed by atoms with Crippen LogP contribution in [0.4, 0.5) is 0 Å². The van der Waals surface area contributed by atoms with Crippen LogP contribution in [0.1, 0.15) is 151 Å². The Morgan fingerprint density at radius 3 is 1.98 bits per heavy atom. The molecule has 0 radical (unpaired) electrons. The van der Waals surface area contributed by atoms with Crippen LogP contribution in [-0.2, 0) is 24.0 Å². The van der Waals surface area contributed by atoms with E-state index in [4.69, 9.17) is 5.73 Å². The summed E-state index contributed by atoms with van der Waals surface area (Å²) in [6.45, 7) is 18.7. The lowest BCUT2D eigenvalue weighted by atomic mass is 9.73. The van der Waals surface area contributed by atoms with Crippen molar-refractivity contribution in [2.45, 2.75) is 169 Å². The third kappa shape index (κ3) is 7.82. The number of primary amides is 1. The van der Waals surface area contributed by atoms with Crippen molar-refractivity contribution in [2.24, 2.45) is 57.0 Å². The zero-order valence-corrected chi connectivity index (χ0v) is 34.3. The fourth-order valence-corrected chi connectivity index (χ4v) is 12.6. The van der Waals surface area contributed by atoms with Crippen molar-refractivity contribution in [1.29, 1.82) is 0 Å². The summed E-state index contributed by atoms with van der Waals surface area (Å²) in [4.78, 5) is 73.5. The number of carbonyl (C=O) groups is 5. The van der Waals surface area contributed by atoms with E-state index in [1.54, 1.807) is 0 Å². The molecule has 2 spiro atoms. The second-order valence-corrected chi connectivity index (χ2v) is 20.7. The van der Waals surface area contributed by atoms with E-state index >= 15 is 4.79 Å². The smallest absolute Gasteiger partial charge is 0.285 e. The highest BCUT2D eigenvalue weighted by atomic mass is 16.2. The molecule has 9 nitrogen and oxygen atoms in total. The van der Waals surface area contributed by atoms with Gasteiger partial charge in [-0.05, 0) is 73.5 Å². The Bertz CT molecular complexity index is 1390. The number of piperazine rings is 1. The number of nitrogens with two attached hydrogens (primary N) is 1. The van der Waals surface area contributed by atoms with Crippen LogP contribution in [0.15, 0.2) is 0 Å². The molecule has 3 N–H and O–H groups in total. The minimum atomic E-state index is -0.978. The molecule has 2 aliphatic heterocycles. The number of carbonyl (C=O) groups excluding carboxylic acids is 5. The van der Waals surface area contributed by atoms with Gasteiger partial charge in [-0.3, -0.25) is 28.9 Å². The number of Topliss-reactive ketones (excluding diaryl/α,β-unsaturated/α-hetero) is 3. The molecule has 53 heavy (non-hydrogen) atoms. The predicted molar refractivity (Wildman–Crippen MR) is 208 cm³/mol. The first-order valence-electron chi connectivity index (χ1n) is 21.6. The molecule has 4 aliphatic carbocycles. The van der Waals surface area contributed by atoms with Gasteiger partial charge in [-0.25, -0.2) is 0 Å². The Hall–Kier alpha value is -2.13. The molecule has 0 aromatic rings. The molecule has 6 fully saturated rings. The molecule has 4 saturated carbocycles. The van der Waals surface area contributed by atoms with E-state index in [-0.39, 0.29) is 52.5 Å². The van der Waals surface area contributed by atoms with Crippen molar-refractivity contribution in [2.75, 3.05) is 26.2 Å². The lowest BCUT2D eigenvalue weighted by Gasteiger charge is -2.40. The van der Waals surface area contributed by atoms with Crippen molar-refractivity contribution in [3.8, 4) is 0 Å². The van der Waals surface area contributed by atoms with E-state index in [2.05, 4.69) is 58.7 Å². The summed E-state index contributed by atoms with van der Waals surface area (Å²) in [5, 5.41) is 3.65. The molecule has 2 amide bonds. The maximum absolute atomic E-state index is 15.1. The van der Waals surface area contributed by atoms with Gasteiger partial charge in [0.15, 0.2) is 5.78 Å². The number of likely N-dealkylation sites (tertiary alicyclic amines) is 1. The lowest BCUT2D eigenvalue weighted by Crippen LogP contribution is -2.55. The number of fused-ring (bicyclic) bond motifs is 1. The maximum atomic E-state index is 15.1. The van der Waals surface area contributed by atoms with Crippen molar-refractivity contribution in [3.05, 3.63) is 0 Å². The highest BCUT2D eigenvalue weighted by Crippen LogP contribution is 2.88. The number of ketones is 3. The standard InChI is InChI=1S/C44H72N4O5/c1-28-24-47(25-29(2)46-28)26-33(31-15-9-8-10-16-31)20-34(49)22-35(41(3,4)5)40(53)48-27-44(42(6,7)43(44)17-12-18-43)23-36(48)37(50)21-32(38(51)39(45)52)19-30-13-11-14-30/h28-33,35-36,46H,8-27H2,1-7H3,(H2,45,52)/t28-,29-,32?,33+,35+,36-,44+/m0/s1. The Morgan fingerprint density at radius 1 is 0.830 bits per heavy atom. The minimum Gasteiger partial charge on any atom is -0.363 e. The normalized spacial score (nSPS) is 31.8. The van der Waals surface area contributed by atoms with Gasteiger partial charge in [-0.15, -0.1) is 0 Å². The quantitative estimate of drug-likeness (QED) is 0.184. The number of nitrogens with one attached hydrogen (secondary N) is 1. The first-order chi connectivity index (χ1) is 24.9. The number of nitrogens with zero attached hydrogens (tertiary/aromatic N) is 2. The van der Waals surface area contributed by atoms with Gasteiger partial charge in [0.05, 0.1) is 6.04 Å². The molecule has 6 aliphatic rings. The fourth-order valence-electron chi connectivity index (χ4n) is 12.6. The number of rotatable bonds is 15. The second kappa shape index (κ2) is 15.4. The third-order valence-electron chi connectivity index (χ3n) is 16.1. The van der Waals surface area contributed by atoms with Crippen LogP contribution in [0, 0.1) is 51.2 Å². The van der Waals surface area contributed by atoms with Gasteiger partial charge in [-0.1, -0.05) is 92.4 Å². The molecular formula is C44H72N4O5. The van der Waals surface area contributed by atoms with Crippen molar-refractivity contribution >= 4 is 29.2 Å². The van der Waals surface area contributed by atoms with Gasteiger partial charge in [-0.2, -0.15) is 0 Å². The zero-order chi connectivity index (χ0) is 38.5. The molecule has 1 unspecified atom stereocenters. The molecule has 0 aromatic carbocycles. The van der Waals surface area contributed by atoms with Crippen LogP contribution in [0.5, 0.6) is 0 Å². The molecule has 2 heterocycles. The molecule has 0 bridgehead atoms. The number of amides is 2. The van der Waals surface area contributed by atoms with Gasteiger partial charge in [0.25, 0.3) is 5.91 Å². The molecule has 0 aromatic heterocycles. The van der Waals surface area contributed by atoms with Gasteiger partial charge in [0.2, 0.25) is 11.7 Å². The first-order valence-corrected chi connectivity index (χ1v) is 21.6. The summed E-state index contributed by atoms with van der Waals surface area (Å²) in [6.07, 6.45) is 14.3. The van der Waals surface area contributed by atoms with E-state index in [1.165, 1.54) is 38.5 Å². The summed E-state index contributed by atoms with van der Waals surface area (Å²) < 4.78 is 0. The summed E-state index contributed by atoms with van der Waals surface area (Å²) in [7, 11) is 0. The average molecular weight is 737 g/mol. The monoisotopic (exact) mass is 737 g/mol. The van der Waals surface area contributed by atoms with Gasteiger partial charge >= 0.3 is 0 Å².